The number of hydrogen-bond acceptors (Lipinski definition) is 2. The Labute approximate surface area is 139 Å². The Kier molecular flexibility index (Phi) is 5.45. The first kappa shape index (κ1) is 16.1. The lowest BCUT2D eigenvalue weighted by Gasteiger charge is -2.11. The van der Waals surface area contributed by atoms with Crippen molar-refractivity contribution in [3.63, 3.8) is 0 Å². The van der Waals surface area contributed by atoms with Gasteiger partial charge in [0.15, 0.2) is 0 Å². The van der Waals surface area contributed by atoms with E-state index in [4.69, 9.17) is 23.2 Å². The number of anilines is 2. The van der Waals surface area contributed by atoms with Crippen molar-refractivity contribution in [1.29, 1.82) is 0 Å². The Bertz CT molecular complexity index is 659. The third-order valence-corrected chi connectivity index (χ3v) is 3.87. The van der Waals surface area contributed by atoms with Gasteiger partial charge in [-0.3, -0.25) is 4.79 Å². The molecule has 2 rings (SSSR count). The van der Waals surface area contributed by atoms with Gasteiger partial charge in [0.1, 0.15) is 5.82 Å². The molecule has 3 nitrogen and oxygen atoms in total. The molecule has 0 radical (unpaired) electrons. The number of para-hydroxylation sites is 1. The van der Waals surface area contributed by atoms with E-state index in [9.17, 15) is 9.18 Å². The van der Waals surface area contributed by atoms with Gasteiger partial charge in [0.25, 0.3) is 0 Å². The van der Waals surface area contributed by atoms with Crippen molar-refractivity contribution >= 4 is 56.4 Å². The average Bonchev–Trinajstić information content (AvgIpc) is 2.40. The van der Waals surface area contributed by atoms with Crippen molar-refractivity contribution in [3.8, 4) is 0 Å². The number of hydrogen-bond donors (Lipinski definition) is 2. The number of rotatable bonds is 4. The molecule has 0 fully saturated rings. The van der Waals surface area contributed by atoms with E-state index in [1.165, 1.54) is 0 Å². The second-order valence-electron chi connectivity index (χ2n) is 4.13. The fourth-order valence-corrected chi connectivity index (χ4v) is 2.61. The highest BCUT2D eigenvalue weighted by Crippen LogP contribution is 2.31. The van der Waals surface area contributed by atoms with Crippen molar-refractivity contribution in [1.82, 2.24) is 0 Å². The maximum Gasteiger partial charge on any atom is 0.243 e. The van der Waals surface area contributed by atoms with Crippen LogP contribution in [0, 0.1) is 5.82 Å². The van der Waals surface area contributed by atoms with Crippen LogP contribution in [-0.4, -0.2) is 12.5 Å². The summed E-state index contributed by atoms with van der Waals surface area (Å²) in [6.45, 7) is -0.0492. The van der Waals surface area contributed by atoms with Crippen molar-refractivity contribution in [2.24, 2.45) is 0 Å². The van der Waals surface area contributed by atoms with Gasteiger partial charge in [-0.25, -0.2) is 4.39 Å². The third kappa shape index (κ3) is 4.33. The number of carbonyl (C=O) groups excluding carboxylic acids is 1. The summed E-state index contributed by atoms with van der Waals surface area (Å²) in [5.41, 5.74) is 0.975. The van der Waals surface area contributed by atoms with Crippen LogP contribution < -0.4 is 10.6 Å². The Balaban J connectivity index is 2.01. The molecular weight excluding hydrogens is 382 g/mol. The molecule has 0 aliphatic carbocycles. The molecule has 0 heterocycles. The first-order valence-corrected chi connectivity index (χ1v) is 7.45. The van der Waals surface area contributed by atoms with Crippen LogP contribution in [0.5, 0.6) is 0 Å². The molecule has 0 unspecified atom stereocenters. The molecule has 2 N–H and O–H groups in total. The Morgan fingerprint density at radius 1 is 1.19 bits per heavy atom. The second kappa shape index (κ2) is 7.11. The van der Waals surface area contributed by atoms with Gasteiger partial charge in [0.2, 0.25) is 5.91 Å². The summed E-state index contributed by atoms with van der Waals surface area (Å²) in [5, 5.41) is 5.75. The molecule has 2 aromatic carbocycles. The second-order valence-corrected chi connectivity index (χ2v) is 5.79. The molecule has 0 aliphatic heterocycles. The number of amides is 1. The van der Waals surface area contributed by atoms with E-state index in [1.807, 2.05) is 18.2 Å². The van der Waals surface area contributed by atoms with Gasteiger partial charge in [-0.05, 0) is 40.2 Å². The molecule has 0 bridgehead atoms. The highest BCUT2D eigenvalue weighted by Gasteiger charge is 2.10. The largest absolute Gasteiger partial charge is 0.374 e. The zero-order valence-electron chi connectivity index (χ0n) is 10.6. The van der Waals surface area contributed by atoms with Crippen LogP contribution in [0.15, 0.2) is 40.9 Å². The predicted octanol–water partition coefficient (Wildman–Crippen LogP) is 4.95. The molecule has 1 amide bonds. The lowest BCUT2D eigenvalue weighted by atomic mass is 10.3. The highest BCUT2D eigenvalue weighted by molar-refractivity contribution is 9.10. The van der Waals surface area contributed by atoms with Crippen molar-refractivity contribution in [2.45, 2.75) is 0 Å². The van der Waals surface area contributed by atoms with Gasteiger partial charge in [-0.2, -0.15) is 0 Å². The first-order valence-electron chi connectivity index (χ1n) is 5.90. The van der Waals surface area contributed by atoms with Crippen molar-refractivity contribution < 1.29 is 9.18 Å². The molecule has 0 aliphatic rings. The average molecular weight is 392 g/mol. The number of carbonyl (C=O) groups is 1. The van der Waals surface area contributed by atoms with E-state index in [-0.39, 0.29) is 22.5 Å². The minimum absolute atomic E-state index is 0.0492. The summed E-state index contributed by atoms with van der Waals surface area (Å²) >= 11 is 15.1. The van der Waals surface area contributed by atoms with E-state index in [0.29, 0.717) is 11.4 Å². The standard InChI is InChI=1S/C14H10BrCl2FN2O/c15-9-3-1-2-4-12(9)20-13(21)7-19-14-10(16)5-8(18)6-11(14)17/h1-6,19H,7H2,(H,20,21). The number of nitrogens with one attached hydrogen (secondary N) is 2. The minimum Gasteiger partial charge on any atom is -0.374 e. The molecule has 0 spiro atoms. The van der Waals surface area contributed by atoms with E-state index in [0.717, 1.165) is 16.6 Å². The maximum atomic E-state index is 13.1. The minimum atomic E-state index is -0.534. The van der Waals surface area contributed by atoms with Crippen molar-refractivity contribution in [2.75, 3.05) is 17.2 Å². The van der Waals surface area contributed by atoms with Crippen LogP contribution in [0.4, 0.5) is 15.8 Å². The molecule has 0 atom stereocenters. The molecule has 2 aromatic rings. The van der Waals surface area contributed by atoms with Crippen LogP contribution >= 0.6 is 39.1 Å². The fourth-order valence-electron chi connectivity index (χ4n) is 1.64. The van der Waals surface area contributed by atoms with E-state index in [1.54, 1.807) is 6.07 Å². The third-order valence-electron chi connectivity index (χ3n) is 2.58. The highest BCUT2D eigenvalue weighted by atomic mass is 79.9. The molecule has 110 valence electrons. The van der Waals surface area contributed by atoms with Gasteiger partial charge in [0, 0.05) is 4.47 Å². The van der Waals surface area contributed by atoms with E-state index in [2.05, 4.69) is 26.6 Å². The summed E-state index contributed by atoms with van der Waals surface area (Å²) in [5.74, 6) is -0.813. The molecule has 21 heavy (non-hydrogen) atoms. The van der Waals surface area contributed by atoms with Gasteiger partial charge in [-0.15, -0.1) is 0 Å². The molecule has 7 heteroatoms. The maximum absolute atomic E-state index is 13.1. The molecular formula is C14H10BrCl2FN2O. The lowest BCUT2D eigenvalue weighted by Crippen LogP contribution is -2.22. The van der Waals surface area contributed by atoms with Crippen LogP contribution in [0.1, 0.15) is 0 Å². The zero-order valence-corrected chi connectivity index (χ0v) is 13.7. The summed E-state index contributed by atoms with van der Waals surface area (Å²) in [4.78, 5) is 11.9. The van der Waals surface area contributed by atoms with Gasteiger partial charge >= 0.3 is 0 Å². The van der Waals surface area contributed by atoms with Gasteiger partial charge in [0.05, 0.1) is 28.0 Å². The summed E-state index contributed by atoms with van der Waals surface area (Å²) in [6, 6.07) is 9.48. The van der Waals surface area contributed by atoms with Gasteiger partial charge < -0.3 is 10.6 Å². The van der Waals surface area contributed by atoms with Crippen LogP contribution in [0.2, 0.25) is 10.0 Å². The smallest absolute Gasteiger partial charge is 0.243 e. The van der Waals surface area contributed by atoms with E-state index < -0.39 is 5.82 Å². The van der Waals surface area contributed by atoms with Crippen molar-refractivity contribution in [3.05, 3.63) is 56.7 Å². The SMILES string of the molecule is O=C(CNc1c(Cl)cc(F)cc1Cl)Nc1ccccc1Br. The van der Waals surface area contributed by atoms with Crippen LogP contribution in [0.3, 0.4) is 0 Å². The normalized spacial score (nSPS) is 10.3. The fraction of sp³-hybridized carbons (Fsp3) is 0.0714. The number of halogens is 4. The number of benzene rings is 2. The molecule has 0 aromatic heterocycles. The first-order chi connectivity index (χ1) is 9.97. The Hall–Kier alpha value is -1.30. The molecule has 0 saturated heterocycles. The zero-order chi connectivity index (χ0) is 15.4. The molecule has 0 saturated carbocycles. The Morgan fingerprint density at radius 3 is 2.43 bits per heavy atom. The topological polar surface area (TPSA) is 41.1 Å². The summed E-state index contributed by atoms with van der Waals surface area (Å²) in [6.07, 6.45) is 0. The lowest BCUT2D eigenvalue weighted by molar-refractivity contribution is -0.114. The summed E-state index contributed by atoms with van der Waals surface area (Å²) in [7, 11) is 0. The quantitative estimate of drug-likeness (QED) is 0.774. The predicted molar refractivity (Wildman–Crippen MR) is 87.7 cm³/mol. The Morgan fingerprint density at radius 2 is 1.81 bits per heavy atom. The van der Waals surface area contributed by atoms with Gasteiger partial charge in [-0.1, -0.05) is 35.3 Å². The van der Waals surface area contributed by atoms with E-state index >= 15 is 0 Å². The monoisotopic (exact) mass is 390 g/mol. The van der Waals surface area contributed by atoms with Crippen LogP contribution in [0.25, 0.3) is 0 Å². The summed E-state index contributed by atoms with van der Waals surface area (Å²) < 4.78 is 13.8. The van der Waals surface area contributed by atoms with Crippen LogP contribution in [-0.2, 0) is 4.79 Å².